The van der Waals surface area contributed by atoms with Crippen LogP contribution in [0.3, 0.4) is 0 Å². The van der Waals surface area contributed by atoms with Gasteiger partial charge in [-0.2, -0.15) is 10.6 Å². The smallest absolute Gasteiger partial charge is 0.0540 e. The van der Waals surface area contributed by atoms with Crippen LogP contribution in [-0.4, -0.2) is 20.1 Å². The Bertz CT molecular complexity index is 123. The van der Waals surface area contributed by atoms with Crippen molar-refractivity contribution >= 4 is 10.6 Å². The molecule has 1 heterocycles. The Kier molecular flexibility index (Phi) is 2.28. The van der Waals surface area contributed by atoms with Gasteiger partial charge >= 0.3 is 0 Å². The van der Waals surface area contributed by atoms with Gasteiger partial charge in [0.05, 0.1) is 5.25 Å². The fraction of sp³-hybridized carbons (Fsp3) is 0.857. The van der Waals surface area contributed by atoms with Crippen LogP contribution < -0.4 is 0 Å². The molecule has 0 spiro atoms. The molecule has 10 heavy (non-hydrogen) atoms. The molecule has 0 unspecified atom stereocenters. The summed E-state index contributed by atoms with van der Waals surface area (Å²) in [6, 6.07) is 0. The summed E-state index contributed by atoms with van der Waals surface area (Å²) in [6.45, 7) is 4.06. The second-order valence-electron chi connectivity index (χ2n) is 3.15. The lowest BCUT2D eigenvalue weighted by molar-refractivity contribution is 0.466. The summed E-state index contributed by atoms with van der Waals surface area (Å²) in [7, 11) is -2.24. The third-order valence-corrected chi connectivity index (χ3v) is 4.36. The molecule has 2 N–H and O–H groups in total. The van der Waals surface area contributed by atoms with Gasteiger partial charge < -0.3 is 0 Å². The van der Waals surface area contributed by atoms with E-state index < -0.39 is 10.6 Å². The van der Waals surface area contributed by atoms with Crippen LogP contribution in [0.25, 0.3) is 0 Å². The molecule has 1 fully saturated rings. The van der Waals surface area contributed by atoms with Crippen molar-refractivity contribution in [2.24, 2.45) is 5.92 Å². The van der Waals surface area contributed by atoms with Crippen LogP contribution in [0.1, 0.15) is 20.3 Å². The van der Waals surface area contributed by atoms with E-state index in [-0.39, 0.29) is 5.25 Å². The lowest BCUT2D eigenvalue weighted by atomic mass is 10.1. The first-order chi connectivity index (χ1) is 4.54. The Balaban J connectivity index is 2.59. The number of hydrogen-bond donors (Lipinski definition) is 2. The van der Waals surface area contributed by atoms with Gasteiger partial charge in [-0.1, -0.05) is 13.8 Å². The van der Waals surface area contributed by atoms with Crippen LogP contribution in [0, 0.1) is 12.3 Å². The molecule has 1 saturated heterocycles. The van der Waals surface area contributed by atoms with Gasteiger partial charge in [0.1, 0.15) is 0 Å². The number of rotatable bonds is 1. The first-order valence-electron chi connectivity index (χ1n) is 3.62. The molecule has 0 aromatic rings. The van der Waals surface area contributed by atoms with Crippen LogP contribution in [-0.2, 0) is 0 Å². The zero-order chi connectivity index (χ0) is 7.78. The van der Waals surface area contributed by atoms with E-state index in [1.165, 1.54) is 0 Å². The predicted molar refractivity (Wildman–Crippen MR) is 45.3 cm³/mol. The summed E-state index contributed by atoms with van der Waals surface area (Å²) in [4.78, 5) is 0. The van der Waals surface area contributed by atoms with Crippen LogP contribution in [0.4, 0.5) is 0 Å². The van der Waals surface area contributed by atoms with E-state index in [1.807, 2.05) is 20.3 Å². The van der Waals surface area contributed by atoms with Crippen LogP contribution in [0.2, 0.25) is 0 Å². The zero-order valence-electron chi connectivity index (χ0n) is 6.45. The van der Waals surface area contributed by atoms with Crippen molar-refractivity contribution < 1.29 is 9.11 Å². The predicted octanol–water partition coefficient (Wildman–Crippen LogP) is 2.37. The van der Waals surface area contributed by atoms with Crippen molar-refractivity contribution in [2.45, 2.75) is 25.5 Å². The minimum absolute atomic E-state index is 0.0486. The lowest BCUT2D eigenvalue weighted by Crippen LogP contribution is -2.18. The minimum Gasteiger partial charge on any atom is -0.299 e. The van der Waals surface area contributed by atoms with Crippen molar-refractivity contribution in [1.82, 2.24) is 0 Å². The van der Waals surface area contributed by atoms with E-state index in [1.54, 1.807) is 0 Å². The fourth-order valence-corrected chi connectivity index (χ4v) is 3.48. The second-order valence-corrected chi connectivity index (χ2v) is 5.54. The van der Waals surface area contributed by atoms with Crippen molar-refractivity contribution in [3.05, 3.63) is 6.42 Å². The molecule has 0 saturated carbocycles. The number of hydrogen-bond acceptors (Lipinski definition) is 2. The molecule has 1 rings (SSSR count). The Morgan fingerprint density at radius 3 is 2.30 bits per heavy atom. The average Bonchev–Trinajstić information content (AvgIpc) is 2.08. The standard InChI is InChI=1S/C7H15O2S/c1-6(2)7-4-3-5-10(7,8)9/h4,6-9H,3,5H2,1-2H3/t7-/m1/s1. The summed E-state index contributed by atoms with van der Waals surface area (Å²) in [5.74, 6) is 0.947. The molecule has 0 aromatic heterocycles. The maximum absolute atomic E-state index is 9.43. The zero-order valence-corrected chi connectivity index (χ0v) is 7.27. The Hall–Kier alpha value is 0.270. The maximum atomic E-state index is 9.43. The highest BCUT2D eigenvalue weighted by Crippen LogP contribution is 2.54. The summed E-state index contributed by atoms with van der Waals surface area (Å²) < 4.78 is 18.9. The Morgan fingerprint density at radius 2 is 2.10 bits per heavy atom. The van der Waals surface area contributed by atoms with Gasteiger partial charge in [0, 0.05) is 5.75 Å². The molecule has 1 aliphatic heterocycles. The van der Waals surface area contributed by atoms with E-state index in [0.29, 0.717) is 11.7 Å². The van der Waals surface area contributed by atoms with Crippen molar-refractivity contribution in [1.29, 1.82) is 0 Å². The van der Waals surface area contributed by atoms with Crippen LogP contribution >= 0.6 is 10.6 Å². The average molecular weight is 163 g/mol. The van der Waals surface area contributed by atoms with E-state index in [4.69, 9.17) is 0 Å². The van der Waals surface area contributed by atoms with Gasteiger partial charge in [0.25, 0.3) is 0 Å². The summed E-state index contributed by atoms with van der Waals surface area (Å²) >= 11 is 0. The topological polar surface area (TPSA) is 40.5 Å². The highest BCUT2D eigenvalue weighted by molar-refractivity contribution is 8.25. The van der Waals surface area contributed by atoms with Gasteiger partial charge in [-0.25, -0.2) is 0 Å². The van der Waals surface area contributed by atoms with Gasteiger partial charge in [0.15, 0.2) is 0 Å². The van der Waals surface area contributed by atoms with E-state index in [2.05, 4.69) is 0 Å². The second kappa shape index (κ2) is 2.72. The van der Waals surface area contributed by atoms with Crippen LogP contribution in [0.5, 0.6) is 0 Å². The summed E-state index contributed by atoms with van der Waals surface area (Å²) in [6.07, 6.45) is 2.91. The van der Waals surface area contributed by atoms with E-state index in [9.17, 15) is 9.11 Å². The molecule has 1 atom stereocenters. The quantitative estimate of drug-likeness (QED) is 0.623. The minimum atomic E-state index is -2.24. The van der Waals surface area contributed by atoms with Gasteiger partial charge in [-0.3, -0.25) is 9.11 Å². The lowest BCUT2D eigenvalue weighted by Gasteiger charge is -2.36. The van der Waals surface area contributed by atoms with Crippen molar-refractivity contribution in [2.75, 3.05) is 5.75 Å². The molecule has 1 radical (unpaired) electrons. The molecule has 3 heteroatoms. The maximum Gasteiger partial charge on any atom is 0.0540 e. The third-order valence-electron chi connectivity index (χ3n) is 1.91. The highest BCUT2D eigenvalue weighted by atomic mass is 32.3. The molecule has 0 aromatic carbocycles. The van der Waals surface area contributed by atoms with Gasteiger partial charge in [-0.15, -0.1) is 0 Å². The fourth-order valence-electron chi connectivity index (χ4n) is 1.40. The molecular formula is C7H15O2S. The molecule has 61 valence electrons. The van der Waals surface area contributed by atoms with Gasteiger partial charge in [0.2, 0.25) is 0 Å². The highest BCUT2D eigenvalue weighted by Gasteiger charge is 2.33. The normalized spacial score (nSPS) is 34.7. The molecular weight excluding hydrogens is 148 g/mol. The monoisotopic (exact) mass is 163 g/mol. The van der Waals surface area contributed by atoms with Crippen LogP contribution in [0.15, 0.2) is 0 Å². The molecule has 2 nitrogen and oxygen atoms in total. The first-order valence-corrected chi connectivity index (χ1v) is 5.40. The third kappa shape index (κ3) is 1.47. The molecule has 1 aliphatic rings. The summed E-state index contributed by atoms with van der Waals surface area (Å²) in [5.41, 5.74) is 0. The van der Waals surface area contributed by atoms with Crippen molar-refractivity contribution in [3.8, 4) is 0 Å². The Labute approximate surface area is 64.0 Å². The Morgan fingerprint density at radius 1 is 1.50 bits per heavy atom. The van der Waals surface area contributed by atoms with E-state index >= 15 is 0 Å². The molecule has 0 bridgehead atoms. The first kappa shape index (κ1) is 8.37. The molecule has 0 amide bonds. The largest absolute Gasteiger partial charge is 0.299 e. The van der Waals surface area contributed by atoms with E-state index in [0.717, 1.165) is 6.42 Å². The van der Waals surface area contributed by atoms with Crippen molar-refractivity contribution in [3.63, 3.8) is 0 Å². The molecule has 0 aliphatic carbocycles. The van der Waals surface area contributed by atoms with Gasteiger partial charge in [-0.05, 0) is 18.8 Å². The summed E-state index contributed by atoms with van der Waals surface area (Å²) in [5, 5.41) is 0.0486. The SMILES string of the molecule is CC(C)[C@H]1[CH]CCS1(O)O.